The molecule has 19 heavy (non-hydrogen) atoms. The summed E-state index contributed by atoms with van der Waals surface area (Å²) in [5.74, 6) is -0.901. The molecule has 2 aromatic rings. The van der Waals surface area contributed by atoms with Crippen molar-refractivity contribution in [3.05, 3.63) is 58.6 Å². The van der Waals surface area contributed by atoms with E-state index in [1.807, 2.05) is 0 Å². The fourth-order valence-corrected chi connectivity index (χ4v) is 1.80. The molecule has 0 heterocycles. The predicted octanol–water partition coefficient (Wildman–Crippen LogP) is 4.46. The number of hydrogen-bond donors (Lipinski definition) is 1. The van der Waals surface area contributed by atoms with E-state index in [4.69, 9.17) is 16.3 Å². The fraction of sp³-hybridized carbons (Fsp3) is 0.143. The number of ether oxygens (including phenoxy) is 1. The van der Waals surface area contributed by atoms with Crippen LogP contribution in [0, 0.1) is 11.6 Å². The first-order valence-corrected chi connectivity index (χ1v) is 5.96. The van der Waals surface area contributed by atoms with Gasteiger partial charge in [0.15, 0.2) is 0 Å². The number of aliphatic hydroxyl groups is 1. The number of halogens is 3. The summed E-state index contributed by atoms with van der Waals surface area (Å²) in [4.78, 5) is 0. The molecular weight excluding hydrogens is 274 g/mol. The molecule has 0 fully saturated rings. The van der Waals surface area contributed by atoms with Crippen molar-refractivity contribution >= 4 is 11.6 Å². The monoisotopic (exact) mass is 284 g/mol. The number of hydrogen-bond acceptors (Lipinski definition) is 2. The quantitative estimate of drug-likeness (QED) is 0.901. The lowest BCUT2D eigenvalue weighted by molar-refractivity contribution is 0.190. The third-order valence-corrected chi connectivity index (χ3v) is 2.86. The van der Waals surface area contributed by atoms with Gasteiger partial charge in [-0.15, -0.1) is 0 Å². The van der Waals surface area contributed by atoms with Gasteiger partial charge in [0.2, 0.25) is 0 Å². The minimum Gasteiger partial charge on any atom is -0.457 e. The Hall–Kier alpha value is -1.65. The molecule has 5 heteroatoms. The Morgan fingerprint density at radius 2 is 1.89 bits per heavy atom. The van der Waals surface area contributed by atoms with E-state index in [9.17, 15) is 13.9 Å². The lowest BCUT2D eigenvalue weighted by atomic mass is 10.1. The third kappa shape index (κ3) is 3.03. The van der Waals surface area contributed by atoms with Crippen LogP contribution in [-0.4, -0.2) is 5.11 Å². The average Bonchev–Trinajstić information content (AvgIpc) is 2.33. The number of benzene rings is 2. The normalized spacial score (nSPS) is 12.3. The zero-order valence-corrected chi connectivity index (χ0v) is 10.8. The summed E-state index contributed by atoms with van der Waals surface area (Å²) < 4.78 is 32.3. The maximum atomic E-state index is 13.6. The van der Waals surface area contributed by atoms with Crippen LogP contribution in [0.3, 0.4) is 0 Å². The van der Waals surface area contributed by atoms with E-state index < -0.39 is 17.7 Å². The molecule has 0 spiro atoms. The maximum absolute atomic E-state index is 13.6. The molecule has 2 nitrogen and oxygen atoms in total. The number of rotatable bonds is 3. The van der Waals surface area contributed by atoms with Gasteiger partial charge in [-0.25, -0.2) is 8.78 Å². The van der Waals surface area contributed by atoms with Crippen molar-refractivity contribution in [2.45, 2.75) is 13.0 Å². The highest BCUT2D eigenvalue weighted by molar-refractivity contribution is 6.30. The van der Waals surface area contributed by atoms with E-state index in [0.717, 1.165) is 6.07 Å². The Balaban J connectivity index is 2.38. The zero-order valence-electron chi connectivity index (χ0n) is 10.0. The van der Waals surface area contributed by atoms with Crippen LogP contribution in [0.4, 0.5) is 8.78 Å². The minimum atomic E-state index is -1.03. The predicted molar refractivity (Wildman–Crippen MR) is 68.5 cm³/mol. The summed E-state index contributed by atoms with van der Waals surface area (Å²) in [6.07, 6.45) is -1.03. The van der Waals surface area contributed by atoms with Crippen molar-refractivity contribution in [3.63, 3.8) is 0 Å². The van der Waals surface area contributed by atoms with Crippen molar-refractivity contribution in [2.24, 2.45) is 0 Å². The Morgan fingerprint density at radius 1 is 1.16 bits per heavy atom. The SMILES string of the molecule is C[C@@H](O)c1c(F)cccc1Oc1ccc(Cl)c(F)c1. The van der Waals surface area contributed by atoms with Gasteiger partial charge in [0.1, 0.15) is 23.1 Å². The summed E-state index contributed by atoms with van der Waals surface area (Å²) >= 11 is 5.56. The first kappa shape index (κ1) is 13.8. The molecule has 1 atom stereocenters. The van der Waals surface area contributed by atoms with E-state index >= 15 is 0 Å². The van der Waals surface area contributed by atoms with Crippen molar-refractivity contribution in [1.29, 1.82) is 0 Å². The topological polar surface area (TPSA) is 29.5 Å². The summed E-state index contributed by atoms with van der Waals surface area (Å²) in [5.41, 5.74) is 0.0258. The van der Waals surface area contributed by atoms with E-state index in [2.05, 4.69) is 0 Å². The maximum Gasteiger partial charge on any atom is 0.145 e. The van der Waals surface area contributed by atoms with Gasteiger partial charge in [-0.2, -0.15) is 0 Å². The van der Waals surface area contributed by atoms with Gasteiger partial charge in [0, 0.05) is 6.07 Å². The van der Waals surface area contributed by atoms with E-state index in [1.54, 1.807) is 0 Å². The van der Waals surface area contributed by atoms with Crippen LogP contribution >= 0.6 is 11.6 Å². The molecule has 0 bridgehead atoms. The first-order valence-electron chi connectivity index (χ1n) is 5.58. The molecule has 1 N–H and O–H groups in total. The minimum absolute atomic E-state index is 0.0256. The molecule has 0 radical (unpaired) electrons. The largest absolute Gasteiger partial charge is 0.457 e. The second kappa shape index (κ2) is 5.55. The van der Waals surface area contributed by atoms with Crippen molar-refractivity contribution in [2.75, 3.05) is 0 Å². The Bertz CT molecular complexity index is 600. The second-order valence-corrected chi connectivity index (χ2v) is 4.41. The van der Waals surface area contributed by atoms with Crippen LogP contribution in [-0.2, 0) is 0 Å². The Labute approximate surface area is 114 Å². The molecule has 2 rings (SSSR count). The number of aliphatic hydroxyl groups excluding tert-OH is 1. The van der Waals surface area contributed by atoms with E-state index in [-0.39, 0.29) is 22.1 Å². The molecule has 2 aromatic carbocycles. The third-order valence-electron chi connectivity index (χ3n) is 2.55. The van der Waals surface area contributed by atoms with Gasteiger partial charge in [0.05, 0.1) is 16.7 Å². The summed E-state index contributed by atoms with van der Waals surface area (Å²) in [6.45, 7) is 1.42. The van der Waals surface area contributed by atoms with Crippen LogP contribution in [0.2, 0.25) is 5.02 Å². The highest BCUT2D eigenvalue weighted by atomic mass is 35.5. The molecule has 0 aromatic heterocycles. The fourth-order valence-electron chi connectivity index (χ4n) is 1.68. The summed E-state index contributed by atoms with van der Waals surface area (Å²) in [7, 11) is 0. The Kier molecular flexibility index (Phi) is 4.02. The highest BCUT2D eigenvalue weighted by Crippen LogP contribution is 2.32. The standard InChI is InChI=1S/C14H11ClF2O2/c1-8(18)14-11(16)3-2-4-13(14)19-9-5-6-10(15)12(17)7-9/h2-8,18H,1H3/t8-/m1/s1. The van der Waals surface area contributed by atoms with Gasteiger partial charge < -0.3 is 9.84 Å². The molecule has 0 amide bonds. The van der Waals surface area contributed by atoms with E-state index in [1.165, 1.54) is 37.3 Å². The van der Waals surface area contributed by atoms with Crippen LogP contribution in [0.15, 0.2) is 36.4 Å². The van der Waals surface area contributed by atoms with E-state index in [0.29, 0.717) is 0 Å². The van der Waals surface area contributed by atoms with Crippen LogP contribution < -0.4 is 4.74 Å². The molecule has 0 aliphatic carbocycles. The average molecular weight is 285 g/mol. The van der Waals surface area contributed by atoms with Crippen molar-refractivity contribution < 1.29 is 18.6 Å². The van der Waals surface area contributed by atoms with Gasteiger partial charge in [-0.1, -0.05) is 17.7 Å². The van der Waals surface area contributed by atoms with Crippen molar-refractivity contribution in [3.8, 4) is 11.5 Å². The lowest BCUT2D eigenvalue weighted by Gasteiger charge is -2.14. The lowest BCUT2D eigenvalue weighted by Crippen LogP contribution is -2.00. The van der Waals surface area contributed by atoms with Gasteiger partial charge in [0.25, 0.3) is 0 Å². The van der Waals surface area contributed by atoms with Gasteiger partial charge in [-0.3, -0.25) is 0 Å². The van der Waals surface area contributed by atoms with Crippen LogP contribution in [0.25, 0.3) is 0 Å². The molecule has 0 unspecified atom stereocenters. The molecule has 100 valence electrons. The Morgan fingerprint density at radius 3 is 2.53 bits per heavy atom. The molecule has 0 aliphatic heterocycles. The summed E-state index contributed by atoms with van der Waals surface area (Å²) in [6, 6.07) is 8.06. The molecule has 0 saturated heterocycles. The molecule has 0 aliphatic rings. The second-order valence-electron chi connectivity index (χ2n) is 4.01. The van der Waals surface area contributed by atoms with Gasteiger partial charge >= 0.3 is 0 Å². The zero-order chi connectivity index (χ0) is 14.0. The first-order chi connectivity index (χ1) is 8.99. The smallest absolute Gasteiger partial charge is 0.145 e. The van der Waals surface area contributed by atoms with Crippen LogP contribution in [0.1, 0.15) is 18.6 Å². The van der Waals surface area contributed by atoms with Crippen molar-refractivity contribution in [1.82, 2.24) is 0 Å². The van der Waals surface area contributed by atoms with Gasteiger partial charge in [-0.05, 0) is 31.2 Å². The highest BCUT2D eigenvalue weighted by Gasteiger charge is 2.15. The molecular formula is C14H11ClF2O2. The van der Waals surface area contributed by atoms with Crippen LogP contribution in [0.5, 0.6) is 11.5 Å². The summed E-state index contributed by atoms with van der Waals surface area (Å²) in [5, 5.41) is 9.52. The molecule has 0 saturated carbocycles.